The van der Waals surface area contributed by atoms with E-state index in [1.165, 1.54) is 12.1 Å². The topological polar surface area (TPSA) is 101 Å². The molecule has 1 aromatic carbocycles. The monoisotopic (exact) mass is 259 g/mol. The second-order valence-corrected chi connectivity index (χ2v) is 5.98. The van der Waals surface area contributed by atoms with Crippen molar-refractivity contribution in [2.24, 2.45) is 5.73 Å². The first-order valence-electron chi connectivity index (χ1n) is 5.21. The largest absolute Gasteiger partial charge is 0.396 e. The predicted octanol–water partition coefficient (Wildman–Crippen LogP) is -0.167. The molecule has 0 bridgehead atoms. The Morgan fingerprint density at radius 2 is 2.06 bits per heavy atom. The molecule has 1 aromatic rings. The molecule has 1 rings (SSSR count). The molecule has 0 heterocycles. The highest BCUT2D eigenvalue weighted by Gasteiger charge is 2.18. The molecule has 5 nitrogen and oxygen atoms in total. The van der Waals surface area contributed by atoms with Gasteiger partial charge in [0.15, 0.2) is 9.84 Å². The quantitative estimate of drug-likeness (QED) is 0.682. The van der Waals surface area contributed by atoms with E-state index in [1.54, 1.807) is 12.1 Å². The summed E-state index contributed by atoms with van der Waals surface area (Å²) in [5, 5.41) is 18.6. The van der Waals surface area contributed by atoms with Crippen molar-refractivity contribution in [3.05, 3.63) is 29.8 Å². The maximum atomic E-state index is 11.4. The van der Waals surface area contributed by atoms with Crippen molar-refractivity contribution in [1.29, 1.82) is 0 Å². The summed E-state index contributed by atoms with van der Waals surface area (Å²) in [6, 6.07) is 5.41. The lowest BCUT2D eigenvalue weighted by Gasteiger charge is -2.18. The number of nitrogens with two attached hydrogens (primary N) is 1. The fourth-order valence-corrected chi connectivity index (χ4v) is 2.16. The van der Waals surface area contributed by atoms with Crippen LogP contribution in [0.2, 0.25) is 0 Å². The van der Waals surface area contributed by atoms with E-state index in [2.05, 4.69) is 0 Å². The summed E-state index contributed by atoms with van der Waals surface area (Å²) in [6.45, 7) is -0.121. The SMILES string of the molecule is CS(=O)(=O)c1cccc(C(O)C(N)CCO)c1. The van der Waals surface area contributed by atoms with Gasteiger partial charge in [0.25, 0.3) is 0 Å². The number of hydrogen-bond acceptors (Lipinski definition) is 5. The molecule has 96 valence electrons. The van der Waals surface area contributed by atoms with Gasteiger partial charge in [-0.25, -0.2) is 8.42 Å². The van der Waals surface area contributed by atoms with E-state index in [0.29, 0.717) is 5.56 Å². The van der Waals surface area contributed by atoms with E-state index >= 15 is 0 Å². The first-order valence-corrected chi connectivity index (χ1v) is 7.10. The fraction of sp³-hybridized carbons (Fsp3) is 0.455. The lowest BCUT2D eigenvalue weighted by Crippen LogP contribution is -2.29. The Labute approximate surface area is 101 Å². The van der Waals surface area contributed by atoms with Crippen LogP contribution in [0, 0.1) is 0 Å². The van der Waals surface area contributed by atoms with Gasteiger partial charge in [-0.05, 0) is 24.1 Å². The van der Waals surface area contributed by atoms with Crippen molar-refractivity contribution >= 4 is 9.84 Å². The van der Waals surface area contributed by atoms with Crippen LogP contribution in [0.4, 0.5) is 0 Å². The van der Waals surface area contributed by atoms with Crippen molar-refractivity contribution in [1.82, 2.24) is 0 Å². The lowest BCUT2D eigenvalue weighted by atomic mass is 10.0. The highest BCUT2D eigenvalue weighted by Crippen LogP contribution is 2.20. The normalized spacial score (nSPS) is 15.5. The van der Waals surface area contributed by atoms with Crippen LogP contribution >= 0.6 is 0 Å². The van der Waals surface area contributed by atoms with Crippen LogP contribution in [0.3, 0.4) is 0 Å². The zero-order chi connectivity index (χ0) is 13.1. The van der Waals surface area contributed by atoms with E-state index in [1.807, 2.05) is 0 Å². The van der Waals surface area contributed by atoms with Crippen LogP contribution in [0.5, 0.6) is 0 Å². The van der Waals surface area contributed by atoms with Crippen LogP contribution in [0.1, 0.15) is 18.1 Å². The van der Waals surface area contributed by atoms with Gasteiger partial charge in [-0.15, -0.1) is 0 Å². The van der Waals surface area contributed by atoms with Crippen LogP contribution in [0.25, 0.3) is 0 Å². The highest BCUT2D eigenvalue weighted by molar-refractivity contribution is 7.90. The predicted molar refractivity (Wildman–Crippen MR) is 64.2 cm³/mol. The Morgan fingerprint density at radius 3 is 2.59 bits per heavy atom. The summed E-state index contributed by atoms with van der Waals surface area (Å²) in [6.07, 6.45) is 0.375. The molecule has 0 saturated heterocycles. The van der Waals surface area contributed by atoms with Gasteiger partial charge in [0.1, 0.15) is 0 Å². The Morgan fingerprint density at radius 1 is 1.41 bits per heavy atom. The number of aliphatic hydroxyl groups is 2. The maximum absolute atomic E-state index is 11.4. The molecule has 6 heteroatoms. The second-order valence-electron chi connectivity index (χ2n) is 3.97. The van der Waals surface area contributed by atoms with Gasteiger partial charge in [0.05, 0.1) is 11.0 Å². The molecule has 4 N–H and O–H groups in total. The Hall–Kier alpha value is -0.950. The van der Waals surface area contributed by atoms with Crippen molar-refractivity contribution in [3.63, 3.8) is 0 Å². The van der Waals surface area contributed by atoms with E-state index in [9.17, 15) is 13.5 Å². The van der Waals surface area contributed by atoms with E-state index in [4.69, 9.17) is 10.8 Å². The van der Waals surface area contributed by atoms with E-state index < -0.39 is 22.0 Å². The van der Waals surface area contributed by atoms with Gasteiger partial charge < -0.3 is 15.9 Å². The number of aliphatic hydroxyl groups excluding tert-OH is 2. The molecule has 0 aliphatic carbocycles. The summed E-state index contributed by atoms with van der Waals surface area (Å²) in [5.41, 5.74) is 6.10. The van der Waals surface area contributed by atoms with Gasteiger partial charge in [-0.1, -0.05) is 12.1 Å². The van der Waals surface area contributed by atoms with Crippen LogP contribution < -0.4 is 5.73 Å². The molecular weight excluding hydrogens is 242 g/mol. The van der Waals surface area contributed by atoms with Crippen molar-refractivity contribution in [3.8, 4) is 0 Å². The summed E-state index contributed by atoms with van der Waals surface area (Å²) >= 11 is 0. The molecular formula is C11H17NO4S. The molecule has 2 atom stereocenters. The zero-order valence-electron chi connectivity index (χ0n) is 9.57. The Kier molecular flexibility index (Phi) is 4.64. The van der Waals surface area contributed by atoms with Crippen molar-refractivity contribution in [2.45, 2.75) is 23.5 Å². The summed E-state index contributed by atoms with van der Waals surface area (Å²) in [5.74, 6) is 0. The molecule has 0 aliphatic heterocycles. The number of rotatable bonds is 5. The molecule has 17 heavy (non-hydrogen) atoms. The van der Waals surface area contributed by atoms with E-state index in [0.717, 1.165) is 6.26 Å². The highest BCUT2D eigenvalue weighted by atomic mass is 32.2. The molecule has 2 unspecified atom stereocenters. The Balaban J connectivity index is 3.00. The van der Waals surface area contributed by atoms with E-state index in [-0.39, 0.29) is 17.9 Å². The third-order valence-corrected chi connectivity index (χ3v) is 3.61. The van der Waals surface area contributed by atoms with Gasteiger partial charge in [-0.3, -0.25) is 0 Å². The van der Waals surface area contributed by atoms with Crippen LogP contribution in [0.15, 0.2) is 29.2 Å². The number of sulfone groups is 1. The Bertz CT molecular complexity index is 472. The number of benzene rings is 1. The van der Waals surface area contributed by atoms with Crippen molar-refractivity contribution < 1.29 is 18.6 Å². The standard InChI is InChI=1S/C11H17NO4S/c1-17(15,16)9-4-2-3-8(7-9)11(14)10(12)5-6-13/h2-4,7,10-11,13-14H,5-6,12H2,1H3. The molecule has 0 radical (unpaired) electrons. The minimum absolute atomic E-state index is 0.121. The molecule has 0 amide bonds. The second kappa shape index (κ2) is 5.59. The summed E-state index contributed by atoms with van der Waals surface area (Å²) in [7, 11) is -3.30. The summed E-state index contributed by atoms with van der Waals surface area (Å²) < 4.78 is 22.7. The smallest absolute Gasteiger partial charge is 0.175 e. The fourth-order valence-electron chi connectivity index (χ4n) is 1.48. The van der Waals surface area contributed by atoms with Gasteiger partial charge in [-0.2, -0.15) is 0 Å². The van der Waals surface area contributed by atoms with Crippen molar-refractivity contribution in [2.75, 3.05) is 12.9 Å². The third kappa shape index (κ3) is 3.78. The molecule has 0 fully saturated rings. The average molecular weight is 259 g/mol. The third-order valence-electron chi connectivity index (χ3n) is 2.50. The summed E-state index contributed by atoms with van der Waals surface area (Å²) in [4.78, 5) is 0.144. The number of hydrogen-bond donors (Lipinski definition) is 3. The van der Waals surface area contributed by atoms with Crippen LogP contribution in [-0.2, 0) is 9.84 Å². The first-order chi connectivity index (χ1) is 7.86. The minimum Gasteiger partial charge on any atom is -0.396 e. The lowest BCUT2D eigenvalue weighted by molar-refractivity contribution is 0.129. The van der Waals surface area contributed by atoms with Gasteiger partial charge >= 0.3 is 0 Å². The molecule has 0 aliphatic rings. The average Bonchev–Trinajstić information content (AvgIpc) is 2.27. The molecule has 0 saturated carbocycles. The van der Waals surface area contributed by atoms with Gasteiger partial charge in [0, 0.05) is 18.9 Å². The first kappa shape index (κ1) is 14.1. The van der Waals surface area contributed by atoms with Crippen LogP contribution in [-0.4, -0.2) is 37.5 Å². The van der Waals surface area contributed by atoms with Gasteiger partial charge in [0.2, 0.25) is 0 Å². The molecule has 0 spiro atoms. The maximum Gasteiger partial charge on any atom is 0.175 e. The molecule has 0 aromatic heterocycles. The minimum atomic E-state index is -3.30. The zero-order valence-corrected chi connectivity index (χ0v) is 10.4.